The minimum absolute atomic E-state index is 0.0518. The fourth-order valence-corrected chi connectivity index (χ4v) is 2.73. The molecule has 5 heteroatoms. The minimum Gasteiger partial charge on any atom is -0.485 e. The minimum atomic E-state index is -0.376. The molecule has 0 amide bonds. The predicted octanol–water partition coefficient (Wildman–Crippen LogP) is 4.43. The lowest BCUT2D eigenvalue weighted by Gasteiger charge is -2.10. The highest BCUT2D eigenvalue weighted by Gasteiger charge is 2.11. The van der Waals surface area contributed by atoms with Crippen LogP contribution in [0.2, 0.25) is 0 Å². The van der Waals surface area contributed by atoms with Crippen LogP contribution in [0.1, 0.15) is 21.5 Å². The van der Waals surface area contributed by atoms with Gasteiger partial charge in [-0.3, -0.25) is 4.79 Å². The molecular formula is C19H15BrO4. The van der Waals surface area contributed by atoms with Crippen LogP contribution in [0.4, 0.5) is 0 Å². The highest BCUT2D eigenvalue weighted by Crippen LogP contribution is 2.27. The molecule has 0 unspecified atom stereocenters. The van der Waals surface area contributed by atoms with Gasteiger partial charge in [0.1, 0.15) is 11.3 Å². The van der Waals surface area contributed by atoms with Crippen molar-refractivity contribution in [2.24, 2.45) is 0 Å². The molecule has 0 fully saturated rings. The quantitative estimate of drug-likeness (QED) is 0.491. The first-order valence-electron chi connectivity index (χ1n) is 7.41. The molecule has 0 aliphatic rings. The maximum absolute atomic E-state index is 12.2. The third kappa shape index (κ3) is 3.41. The van der Waals surface area contributed by atoms with Gasteiger partial charge < -0.3 is 9.15 Å². The number of carbonyl (C=O) groups excluding carboxylic acids is 1. The van der Waals surface area contributed by atoms with Crippen LogP contribution in [0.25, 0.3) is 11.0 Å². The van der Waals surface area contributed by atoms with Crippen molar-refractivity contribution in [2.75, 3.05) is 6.61 Å². The maximum atomic E-state index is 12.2. The maximum Gasteiger partial charge on any atom is 0.336 e. The first-order valence-corrected chi connectivity index (χ1v) is 8.20. The summed E-state index contributed by atoms with van der Waals surface area (Å²) in [5, 5.41) is 0.797. The lowest BCUT2D eigenvalue weighted by Crippen LogP contribution is -2.12. The normalized spacial score (nSPS) is 10.8. The molecule has 0 N–H and O–H groups in total. The highest BCUT2D eigenvalue weighted by molar-refractivity contribution is 9.10. The van der Waals surface area contributed by atoms with Crippen LogP contribution in [0.15, 0.2) is 56.1 Å². The van der Waals surface area contributed by atoms with Crippen molar-refractivity contribution in [2.45, 2.75) is 13.8 Å². The summed E-state index contributed by atoms with van der Waals surface area (Å²) in [6.07, 6.45) is 0. The van der Waals surface area contributed by atoms with Gasteiger partial charge in [0.25, 0.3) is 0 Å². The first kappa shape index (κ1) is 16.5. The zero-order chi connectivity index (χ0) is 17.3. The van der Waals surface area contributed by atoms with Crippen molar-refractivity contribution in [3.63, 3.8) is 0 Å². The molecule has 2 aromatic carbocycles. The number of carbonyl (C=O) groups is 1. The third-order valence-electron chi connectivity index (χ3n) is 3.77. The van der Waals surface area contributed by atoms with E-state index in [0.717, 1.165) is 21.0 Å². The van der Waals surface area contributed by atoms with E-state index >= 15 is 0 Å². The molecule has 0 radical (unpaired) electrons. The Morgan fingerprint density at radius 3 is 2.50 bits per heavy atom. The average Bonchev–Trinajstić information content (AvgIpc) is 2.53. The fourth-order valence-electron chi connectivity index (χ4n) is 2.46. The lowest BCUT2D eigenvalue weighted by atomic mass is 10.1. The standard InChI is InChI=1S/C19H15BrO4/c1-11-8-19(22)24-18-7-12(2)17(9-15(11)18)23-10-16(21)13-3-5-14(20)6-4-13/h3-9H,10H2,1-2H3. The number of fused-ring (bicyclic) bond motifs is 1. The van der Waals surface area contributed by atoms with E-state index in [1.165, 1.54) is 6.07 Å². The van der Waals surface area contributed by atoms with Crippen LogP contribution in [-0.2, 0) is 0 Å². The van der Waals surface area contributed by atoms with E-state index in [-0.39, 0.29) is 18.0 Å². The number of hydrogen-bond donors (Lipinski definition) is 0. The van der Waals surface area contributed by atoms with Gasteiger partial charge in [-0.05, 0) is 49.2 Å². The summed E-state index contributed by atoms with van der Waals surface area (Å²) in [6, 6.07) is 12.1. The van der Waals surface area contributed by atoms with Gasteiger partial charge in [-0.25, -0.2) is 4.79 Å². The summed E-state index contributed by atoms with van der Waals surface area (Å²) in [6.45, 7) is 3.64. The molecule has 122 valence electrons. The van der Waals surface area contributed by atoms with Gasteiger partial charge in [0, 0.05) is 21.5 Å². The Balaban J connectivity index is 1.84. The van der Waals surface area contributed by atoms with Gasteiger partial charge in [-0.2, -0.15) is 0 Å². The van der Waals surface area contributed by atoms with E-state index in [2.05, 4.69) is 15.9 Å². The molecule has 0 atom stereocenters. The summed E-state index contributed by atoms with van der Waals surface area (Å²) in [5.74, 6) is 0.503. The number of aryl methyl sites for hydroxylation is 2. The molecule has 3 aromatic rings. The van der Waals surface area contributed by atoms with E-state index in [4.69, 9.17) is 9.15 Å². The highest BCUT2D eigenvalue weighted by atomic mass is 79.9. The lowest BCUT2D eigenvalue weighted by molar-refractivity contribution is 0.0921. The molecule has 4 nitrogen and oxygen atoms in total. The molecule has 0 saturated heterocycles. The Morgan fingerprint density at radius 2 is 1.79 bits per heavy atom. The SMILES string of the molecule is Cc1cc2oc(=O)cc(C)c2cc1OCC(=O)c1ccc(Br)cc1. The molecule has 24 heavy (non-hydrogen) atoms. The van der Waals surface area contributed by atoms with Crippen molar-refractivity contribution in [3.8, 4) is 5.75 Å². The van der Waals surface area contributed by atoms with E-state index in [0.29, 0.717) is 16.9 Å². The van der Waals surface area contributed by atoms with Crippen LogP contribution in [-0.4, -0.2) is 12.4 Å². The summed E-state index contributed by atoms with van der Waals surface area (Å²) in [7, 11) is 0. The number of ether oxygens (including phenoxy) is 1. The molecule has 0 saturated carbocycles. The second-order valence-corrected chi connectivity index (χ2v) is 6.50. The summed E-state index contributed by atoms with van der Waals surface area (Å²) < 4.78 is 11.8. The number of ketones is 1. The van der Waals surface area contributed by atoms with Gasteiger partial charge >= 0.3 is 5.63 Å². The second-order valence-electron chi connectivity index (χ2n) is 5.58. The van der Waals surface area contributed by atoms with Gasteiger partial charge in [-0.15, -0.1) is 0 Å². The van der Waals surface area contributed by atoms with E-state index in [9.17, 15) is 9.59 Å². The number of hydrogen-bond acceptors (Lipinski definition) is 4. The molecular weight excluding hydrogens is 372 g/mol. The van der Waals surface area contributed by atoms with Crippen LogP contribution in [0, 0.1) is 13.8 Å². The Hall–Kier alpha value is -2.40. The second kappa shape index (κ2) is 6.61. The first-order chi connectivity index (χ1) is 11.4. The van der Waals surface area contributed by atoms with Crippen molar-refractivity contribution in [3.05, 3.63) is 74.0 Å². The van der Waals surface area contributed by atoms with E-state index < -0.39 is 0 Å². The smallest absolute Gasteiger partial charge is 0.336 e. The summed E-state index contributed by atoms with van der Waals surface area (Å²) in [4.78, 5) is 23.7. The van der Waals surface area contributed by atoms with Gasteiger partial charge in [0.2, 0.25) is 0 Å². The number of halogens is 1. The van der Waals surface area contributed by atoms with Crippen molar-refractivity contribution >= 4 is 32.7 Å². The van der Waals surface area contributed by atoms with Gasteiger partial charge in [-0.1, -0.05) is 28.1 Å². The van der Waals surface area contributed by atoms with Crippen LogP contribution >= 0.6 is 15.9 Å². The largest absolute Gasteiger partial charge is 0.485 e. The molecule has 0 spiro atoms. The number of benzene rings is 2. The summed E-state index contributed by atoms with van der Waals surface area (Å²) in [5.41, 5.74) is 2.35. The van der Waals surface area contributed by atoms with Gasteiger partial charge in [0.05, 0.1) is 0 Å². The van der Waals surface area contributed by atoms with E-state index in [1.54, 1.807) is 24.3 Å². The van der Waals surface area contributed by atoms with Crippen LogP contribution in [0.3, 0.4) is 0 Å². The van der Waals surface area contributed by atoms with Crippen molar-refractivity contribution in [1.82, 2.24) is 0 Å². The predicted molar refractivity (Wildman–Crippen MR) is 95.9 cm³/mol. The van der Waals surface area contributed by atoms with Crippen LogP contribution in [0.5, 0.6) is 5.75 Å². The Morgan fingerprint density at radius 1 is 1.08 bits per heavy atom. The third-order valence-corrected chi connectivity index (χ3v) is 4.30. The monoisotopic (exact) mass is 386 g/mol. The molecule has 1 aromatic heterocycles. The van der Waals surface area contributed by atoms with Crippen molar-refractivity contribution < 1.29 is 13.9 Å². The molecule has 0 aliphatic carbocycles. The zero-order valence-corrected chi connectivity index (χ0v) is 14.8. The molecule has 1 heterocycles. The fraction of sp³-hybridized carbons (Fsp3) is 0.158. The number of Topliss-reactive ketones (excluding diaryl/α,β-unsaturated/α-hetero) is 1. The molecule has 3 rings (SSSR count). The van der Waals surface area contributed by atoms with Crippen molar-refractivity contribution in [1.29, 1.82) is 0 Å². The topological polar surface area (TPSA) is 56.5 Å². The number of rotatable bonds is 4. The van der Waals surface area contributed by atoms with Gasteiger partial charge in [0.15, 0.2) is 12.4 Å². The zero-order valence-electron chi connectivity index (χ0n) is 13.3. The molecule has 0 aliphatic heterocycles. The van der Waals surface area contributed by atoms with Crippen LogP contribution < -0.4 is 10.4 Å². The molecule has 0 bridgehead atoms. The Bertz CT molecular complexity index is 971. The Kier molecular flexibility index (Phi) is 4.53. The summed E-state index contributed by atoms with van der Waals surface area (Å²) >= 11 is 3.34. The average molecular weight is 387 g/mol. The Labute approximate surface area is 147 Å². The van der Waals surface area contributed by atoms with E-state index in [1.807, 2.05) is 26.0 Å².